The standard InChI is InChI=1S/C18H19N5O5S2/c1-10-11(2)22-28-18(10)23-30(26,27)13-6-4-12(5-7-13)19-17(25)14-8-16(24)21-15(20-14)9-29-3/h4-8,23H,9H2,1-3H3,(H,19,25)(H,20,21,24). The zero-order chi connectivity index (χ0) is 21.9. The number of carbonyl (C=O) groups is 1. The lowest BCUT2D eigenvalue weighted by molar-refractivity contribution is 0.102. The lowest BCUT2D eigenvalue weighted by Crippen LogP contribution is -2.20. The molecular weight excluding hydrogens is 430 g/mol. The van der Waals surface area contributed by atoms with Gasteiger partial charge in [0.05, 0.1) is 16.3 Å². The first-order valence-electron chi connectivity index (χ1n) is 8.66. The van der Waals surface area contributed by atoms with Crippen molar-refractivity contribution in [2.24, 2.45) is 0 Å². The number of benzene rings is 1. The fourth-order valence-electron chi connectivity index (χ4n) is 2.43. The van der Waals surface area contributed by atoms with Crippen molar-refractivity contribution >= 4 is 39.3 Å². The second-order valence-electron chi connectivity index (χ2n) is 6.32. The highest BCUT2D eigenvalue weighted by Gasteiger charge is 2.19. The molecule has 0 fully saturated rings. The van der Waals surface area contributed by atoms with Gasteiger partial charge in [-0.1, -0.05) is 5.16 Å². The largest absolute Gasteiger partial charge is 0.337 e. The molecule has 0 atom stereocenters. The number of aromatic nitrogens is 3. The number of carbonyl (C=O) groups excluding carboxylic acids is 1. The first kappa shape index (κ1) is 21.6. The molecule has 0 aliphatic heterocycles. The first-order chi connectivity index (χ1) is 14.2. The molecule has 0 unspecified atom stereocenters. The molecule has 10 nitrogen and oxygen atoms in total. The van der Waals surface area contributed by atoms with Gasteiger partial charge < -0.3 is 14.8 Å². The Bertz CT molecular complexity index is 1230. The molecule has 0 radical (unpaired) electrons. The van der Waals surface area contributed by atoms with E-state index < -0.39 is 21.5 Å². The third-order valence-corrected chi connectivity index (χ3v) is 6.02. The number of rotatable bonds is 7. The van der Waals surface area contributed by atoms with Gasteiger partial charge >= 0.3 is 0 Å². The van der Waals surface area contributed by atoms with E-state index >= 15 is 0 Å². The van der Waals surface area contributed by atoms with E-state index in [0.29, 0.717) is 28.5 Å². The fourth-order valence-corrected chi connectivity index (χ4v) is 3.89. The van der Waals surface area contributed by atoms with Crippen LogP contribution in [0.3, 0.4) is 0 Å². The second-order valence-corrected chi connectivity index (χ2v) is 8.86. The normalized spacial score (nSPS) is 11.3. The number of aromatic amines is 1. The summed E-state index contributed by atoms with van der Waals surface area (Å²) in [7, 11) is -3.89. The molecule has 158 valence electrons. The molecule has 1 aromatic carbocycles. The maximum Gasteiger partial charge on any atom is 0.274 e. The Morgan fingerprint density at radius 3 is 2.53 bits per heavy atom. The number of H-pyrrole nitrogens is 1. The van der Waals surface area contributed by atoms with Crippen molar-refractivity contribution in [1.82, 2.24) is 15.1 Å². The summed E-state index contributed by atoms with van der Waals surface area (Å²) >= 11 is 1.46. The van der Waals surface area contributed by atoms with E-state index in [4.69, 9.17) is 4.52 Å². The Morgan fingerprint density at radius 1 is 1.23 bits per heavy atom. The number of sulfonamides is 1. The van der Waals surface area contributed by atoms with Crippen LogP contribution in [0.15, 0.2) is 44.5 Å². The van der Waals surface area contributed by atoms with Gasteiger partial charge in [0, 0.05) is 17.3 Å². The number of amides is 1. The van der Waals surface area contributed by atoms with E-state index in [1.165, 1.54) is 36.0 Å². The molecule has 3 rings (SSSR count). The Hall–Kier alpha value is -3.12. The molecule has 30 heavy (non-hydrogen) atoms. The summed E-state index contributed by atoms with van der Waals surface area (Å²) in [5.41, 5.74) is 1.06. The van der Waals surface area contributed by atoms with Crippen molar-refractivity contribution in [3.8, 4) is 0 Å². The molecular formula is C18H19N5O5S2. The van der Waals surface area contributed by atoms with E-state index in [0.717, 1.165) is 6.07 Å². The quantitative estimate of drug-likeness (QED) is 0.498. The monoisotopic (exact) mass is 449 g/mol. The smallest absolute Gasteiger partial charge is 0.274 e. The highest BCUT2D eigenvalue weighted by molar-refractivity contribution is 7.97. The van der Waals surface area contributed by atoms with Crippen LogP contribution >= 0.6 is 11.8 Å². The Kier molecular flexibility index (Phi) is 6.27. The summed E-state index contributed by atoms with van der Waals surface area (Å²) in [4.78, 5) is 30.8. The van der Waals surface area contributed by atoms with Gasteiger partial charge in [0.1, 0.15) is 11.5 Å². The van der Waals surface area contributed by atoms with Gasteiger partial charge in [-0.2, -0.15) is 11.8 Å². The zero-order valence-electron chi connectivity index (χ0n) is 16.3. The number of anilines is 2. The molecule has 0 bridgehead atoms. The number of nitrogens with one attached hydrogen (secondary N) is 3. The first-order valence-corrected chi connectivity index (χ1v) is 11.5. The van der Waals surface area contributed by atoms with Gasteiger partial charge in [0.2, 0.25) is 5.88 Å². The van der Waals surface area contributed by atoms with Crippen LogP contribution in [0, 0.1) is 13.8 Å². The van der Waals surface area contributed by atoms with Crippen LogP contribution in [0.25, 0.3) is 0 Å². The molecule has 2 aromatic heterocycles. The predicted octanol–water partition coefficient (Wildman–Crippen LogP) is 2.29. The van der Waals surface area contributed by atoms with Crippen molar-refractivity contribution in [2.75, 3.05) is 16.3 Å². The molecule has 0 aliphatic carbocycles. The third-order valence-electron chi connectivity index (χ3n) is 4.11. The third kappa shape index (κ3) is 4.89. The second kappa shape index (κ2) is 8.71. The van der Waals surface area contributed by atoms with Gasteiger partial charge in [0.25, 0.3) is 21.5 Å². The van der Waals surface area contributed by atoms with Gasteiger partial charge in [0.15, 0.2) is 0 Å². The lowest BCUT2D eigenvalue weighted by Gasteiger charge is -2.08. The summed E-state index contributed by atoms with van der Waals surface area (Å²) in [6, 6.07) is 6.63. The Labute approximate surface area is 176 Å². The van der Waals surface area contributed by atoms with Gasteiger partial charge in [-0.3, -0.25) is 9.59 Å². The zero-order valence-corrected chi connectivity index (χ0v) is 18.0. The maximum absolute atomic E-state index is 12.5. The van der Waals surface area contributed by atoms with Crippen molar-refractivity contribution in [3.05, 3.63) is 63.5 Å². The summed E-state index contributed by atoms with van der Waals surface area (Å²) < 4.78 is 32.4. The Balaban J connectivity index is 1.75. The minimum Gasteiger partial charge on any atom is -0.337 e. The van der Waals surface area contributed by atoms with E-state index in [2.05, 4.69) is 25.2 Å². The van der Waals surface area contributed by atoms with E-state index in [1.807, 2.05) is 6.26 Å². The molecule has 0 aliphatic rings. The number of thioether (sulfide) groups is 1. The minimum atomic E-state index is -3.89. The van der Waals surface area contributed by atoms with Crippen LogP contribution in [0.5, 0.6) is 0 Å². The van der Waals surface area contributed by atoms with Crippen molar-refractivity contribution in [3.63, 3.8) is 0 Å². The molecule has 3 aromatic rings. The number of hydrogen-bond acceptors (Lipinski definition) is 8. The minimum absolute atomic E-state index is 0.0227. The van der Waals surface area contributed by atoms with Gasteiger partial charge in [-0.05, 0) is 44.4 Å². The average molecular weight is 450 g/mol. The molecule has 3 N–H and O–H groups in total. The van der Waals surface area contributed by atoms with Gasteiger partial charge in [-0.25, -0.2) is 18.1 Å². The summed E-state index contributed by atoms with van der Waals surface area (Å²) in [5, 5.41) is 6.30. The van der Waals surface area contributed by atoms with E-state index in [-0.39, 0.29) is 16.5 Å². The molecule has 2 heterocycles. The van der Waals surface area contributed by atoms with Crippen LogP contribution in [0.1, 0.15) is 27.6 Å². The Morgan fingerprint density at radius 2 is 1.93 bits per heavy atom. The lowest BCUT2D eigenvalue weighted by atomic mass is 10.3. The van der Waals surface area contributed by atoms with Crippen LogP contribution < -0.4 is 15.6 Å². The topological polar surface area (TPSA) is 147 Å². The predicted molar refractivity (Wildman–Crippen MR) is 113 cm³/mol. The van der Waals surface area contributed by atoms with Crippen molar-refractivity contribution in [2.45, 2.75) is 24.5 Å². The summed E-state index contributed by atoms with van der Waals surface area (Å²) in [5.74, 6) is 0.321. The van der Waals surface area contributed by atoms with Gasteiger partial charge in [-0.15, -0.1) is 0 Å². The van der Waals surface area contributed by atoms with Crippen molar-refractivity contribution < 1.29 is 17.7 Å². The van der Waals surface area contributed by atoms with Crippen LogP contribution in [-0.2, 0) is 15.8 Å². The van der Waals surface area contributed by atoms with E-state index in [1.54, 1.807) is 13.8 Å². The number of nitrogens with zero attached hydrogens (tertiary/aromatic N) is 2. The SMILES string of the molecule is CSCc1nc(C(=O)Nc2ccc(S(=O)(=O)Nc3onc(C)c3C)cc2)cc(=O)[nH]1. The summed E-state index contributed by atoms with van der Waals surface area (Å²) in [6.45, 7) is 3.39. The van der Waals surface area contributed by atoms with Crippen molar-refractivity contribution in [1.29, 1.82) is 0 Å². The average Bonchev–Trinajstić information content (AvgIpc) is 3.00. The highest BCUT2D eigenvalue weighted by atomic mass is 32.2. The molecule has 0 saturated heterocycles. The maximum atomic E-state index is 12.5. The summed E-state index contributed by atoms with van der Waals surface area (Å²) in [6.07, 6.45) is 1.85. The van der Waals surface area contributed by atoms with Crippen LogP contribution in [0.2, 0.25) is 0 Å². The number of aryl methyl sites for hydroxylation is 1. The van der Waals surface area contributed by atoms with Crippen LogP contribution in [0.4, 0.5) is 11.6 Å². The molecule has 1 amide bonds. The molecule has 0 saturated carbocycles. The molecule has 12 heteroatoms. The molecule has 0 spiro atoms. The number of hydrogen-bond donors (Lipinski definition) is 3. The fraction of sp³-hybridized carbons (Fsp3) is 0.222. The van der Waals surface area contributed by atoms with Crippen LogP contribution in [-0.4, -0.2) is 35.7 Å². The van der Waals surface area contributed by atoms with E-state index in [9.17, 15) is 18.0 Å². The highest BCUT2D eigenvalue weighted by Crippen LogP contribution is 2.22.